The smallest absolute Gasteiger partial charge is 0.406 e. The first-order chi connectivity index (χ1) is 8.44. The number of carbonyl (C=O) groups is 2. The molecule has 1 rings (SSSR count). The second kappa shape index (κ2) is 5.87. The lowest BCUT2D eigenvalue weighted by Gasteiger charge is -2.09. The lowest BCUT2D eigenvalue weighted by molar-refractivity contribution is -0.274. The lowest BCUT2D eigenvalue weighted by Crippen LogP contribution is -2.17. The van der Waals surface area contributed by atoms with Crippen LogP contribution in [0.25, 0.3) is 0 Å². The molecule has 0 spiro atoms. The molecule has 0 aliphatic heterocycles. The van der Waals surface area contributed by atoms with Crippen molar-refractivity contribution in [3.8, 4) is 17.6 Å². The topological polar surface area (TPSA) is 43.4 Å². The molecule has 0 heterocycles. The highest BCUT2D eigenvalue weighted by Crippen LogP contribution is 2.24. The Balaban J connectivity index is 3.06. The van der Waals surface area contributed by atoms with Crippen molar-refractivity contribution in [2.24, 2.45) is 0 Å². The minimum Gasteiger partial charge on any atom is -0.406 e. The van der Waals surface area contributed by atoms with Crippen molar-refractivity contribution in [1.29, 1.82) is 0 Å². The summed E-state index contributed by atoms with van der Waals surface area (Å²) in [5.41, 5.74) is 0.174. The lowest BCUT2D eigenvalue weighted by atomic mass is 10.1. The number of benzene rings is 1. The second-order valence-corrected chi connectivity index (χ2v) is 3.13. The summed E-state index contributed by atoms with van der Waals surface area (Å²) in [6, 6.07) is 3.29. The first kappa shape index (κ1) is 13.8. The standard InChI is InChI=1S/C12H7F3O3/c13-12(14,15)18-11-6-9(3-1-2-4-16)5-10(7-11)8-17/h4-8H,2H2. The van der Waals surface area contributed by atoms with Crippen molar-refractivity contribution in [3.05, 3.63) is 29.3 Å². The third-order valence-corrected chi connectivity index (χ3v) is 1.72. The molecule has 0 bridgehead atoms. The zero-order valence-electron chi connectivity index (χ0n) is 8.95. The molecule has 0 aliphatic carbocycles. The monoisotopic (exact) mass is 256 g/mol. The molecule has 0 unspecified atom stereocenters. The maximum Gasteiger partial charge on any atom is 0.573 e. The molecule has 94 valence electrons. The van der Waals surface area contributed by atoms with Gasteiger partial charge in [0.25, 0.3) is 0 Å². The van der Waals surface area contributed by atoms with E-state index in [1.54, 1.807) is 0 Å². The molecule has 0 saturated heterocycles. The summed E-state index contributed by atoms with van der Waals surface area (Å²) >= 11 is 0. The first-order valence-electron chi connectivity index (χ1n) is 4.73. The van der Waals surface area contributed by atoms with Crippen LogP contribution in [0.15, 0.2) is 18.2 Å². The highest BCUT2D eigenvalue weighted by Gasteiger charge is 2.31. The van der Waals surface area contributed by atoms with E-state index in [0.29, 0.717) is 12.6 Å². The normalized spacial score (nSPS) is 10.2. The summed E-state index contributed by atoms with van der Waals surface area (Å²) in [5.74, 6) is 4.36. The summed E-state index contributed by atoms with van der Waals surface area (Å²) in [7, 11) is 0. The average molecular weight is 256 g/mol. The molecule has 0 aliphatic rings. The molecule has 0 atom stereocenters. The number of halogens is 3. The quantitative estimate of drug-likeness (QED) is 0.615. The Morgan fingerprint density at radius 2 is 1.94 bits per heavy atom. The maximum atomic E-state index is 12.0. The number of aldehydes is 2. The van der Waals surface area contributed by atoms with E-state index in [-0.39, 0.29) is 17.5 Å². The van der Waals surface area contributed by atoms with Crippen LogP contribution in [0.3, 0.4) is 0 Å². The van der Waals surface area contributed by atoms with Gasteiger partial charge in [-0.25, -0.2) is 0 Å². The van der Waals surface area contributed by atoms with E-state index in [1.807, 2.05) is 0 Å². The van der Waals surface area contributed by atoms with Crippen LogP contribution in [-0.4, -0.2) is 18.9 Å². The zero-order valence-corrected chi connectivity index (χ0v) is 8.95. The van der Waals surface area contributed by atoms with Crippen LogP contribution in [0.2, 0.25) is 0 Å². The minimum atomic E-state index is -4.84. The minimum absolute atomic E-state index is 0.00662. The van der Waals surface area contributed by atoms with Crippen molar-refractivity contribution in [1.82, 2.24) is 0 Å². The van der Waals surface area contributed by atoms with Gasteiger partial charge in [0, 0.05) is 11.1 Å². The van der Waals surface area contributed by atoms with E-state index in [4.69, 9.17) is 0 Å². The third-order valence-electron chi connectivity index (χ3n) is 1.72. The second-order valence-electron chi connectivity index (χ2n) is 3.13. The molecule has 0 saturated carbocycles. The Kier molecular flexibility index (Phi) is 4.49. The van der Waals surface area contributed by atoms with Gasteiger partial charge in [0.1, 0.15) is 18.3 Å². The molecular weight excluding hydrogens is 249 g/mol. The molecule has 18 heavy (non-hydrogen) atoms. The van der Waals surface area contributed by atoms with Gasteiger partial charge in [-0.3, -0.25) is 4.79 Å². The van der Waals surface area contributed by atoms with Gasteiger partial charge < -0.3 is 9.53 Å². The van der Waals surface area contributed by atoms with Crippen LogP contribution in [0.5, 0.6) is 5.75 Å². The van der Waals surface area contributed by atoms with E-state index in [2.05, 4.69) is 16.6 Å². The fourth-order valence-corrected chi connectivity index (χ4v) is 1.15. The summed E-state index contributed by atoms with van der Waals surface area (Å²) in [4.78, 5) is 20.6. The van der Waals surface area contributed by atoms with Gasteiger partial charge >= 0.3 is 6.36 Å². The molecule has 0 N–H and O–H groups in total. The number of rotatable bonds is 3. The van der Waals surface area contributed by atoms with E-state index in [9.17, 15) is 22.8 Å². The maximum absolute atomic E-state index is 12.0. The first-order valence-corrected chi connectivity index (χ1v) is 4.73. The third kappa shape index (κ3) is 4.70. The average Bonchev–Trinajstić information content (AvgIpc) is 2.26. The summed E-state index contributed by atoms with van der Waals surface area (Å²) in [6.07, 6.45) is -3.94. The van der Waals surface area contributed by atoms with Crippen molar-refractivity contribution in [2.45, 2.75) is 12.8 Å². The van der Waals surface area contributed by atoms with Gasteiger partial charge in [-0.1, -0.05) is 11.8 Å². The van der Waals surface area contributed by atoms with Crippen LogP contribution in [0.4, 0.5) is 13.2 Å². The van der Waals surface area contributed by atoms with Crippen molar-refractivity contribution in [2.75, 3.05) is 0 Å². The number of hydrogen-bond acceptors (Lipinski definition) is 3. The Bertz CT molecular complexity index is 510. The highest BCUT2D eigenvalue weighted by atomic mass is 19.4. The zero-order chi connectivity index (χ0) is 13.6. The summed E-state index contributed by atoms with van der Waals surface area (Å²) in [5, 5.41) is 0. The van der Waals surface area contributed by atoms with E-state index >= 15 is 0 Å². The predicted molar refractivity (Wildman–Crippen MR) is 56.1 cm³/mol. The fourth-order valence-electron chi connectivity index (χ4n) is 1.15. The van der Waals surface area contributed by atoms with Crippen molar-refractivity contribution >= 4 is 12.6 Å². The Morgan fingerprint density at radius 3 is 2.50 bits per heavy atom. The van der Waals surface area contributed by atoms with Crippen LogP contribution in [0, 0.1) is 11.8 Å². The van der Waals surface area contributed by atoms with Crippen molar-refractivity contribution < 1.29 is 27.5 Å². The van der Waals surface area contributed by atoms with Gasteiger partial charge in [-0.2, -0.15) is 0 Å². The van der Waals surface area contributed by atoms with Gasteiger partial charge in [-0.15, -0.1) is 13.2 Å². The number of carbonyl (C=O) groups excluding carboxylic acids is 2. The van der Waals surface area contributed by atoms with Gasteiger partial charge in [0.05, 0.1) is 6.42 Å². The van der Waals surface area contributed by atoms with Crippen LogP contribution in [0.1, 0.15) is 22.3 Å². The Morgan fingerprint density at radius 1 is 1.22 bits per heavy atom. The number of alkyl halides is 3. The molecule has 0 fully saturated rings. The fraction of sp³-hybridized carbons (Fsp3) is 0.167. The van der Waals surface area contributed by atoms with Crippen LogP contribution >= 0.6 is 0 Å². The van der Waals surface area contributed by atoms with E-state index in [1.165, 1.54) is 6.07 Å². The largest absolute Gasteiger partial charge is 0.573 e. The number of ether oxygens (including phenoxy) is 1. The van der Waals surface area contributed by atoms with Gasteiger partial charge in [0.2, 0.25) is 0 Å². The summed E-state index contributed by atoms with van der Waals surface area (Å²) in [6.45, 7) is 0. The van der Waals surface area contributed by atoms with Crippen LogP contribution in [-0.2, 0) is 4.79 Å². The predicted octanol–water partition coefficient (Wildman–Crippen LogP) is 2.34. The van der Waals surface area contributed by atoms with Crippen molar-refractivity contribution in [3.63, 3.8) is 0 Å². The number of hydrogen-bond donors (Lipinski definition) is 0. The highest BCUT2D eigenvalue weighted by molar-refractivity contribution is 5.76. The van der Waals surface area contributed by atoms with Gasteiger partial charge in [-0.05, 0) is 18.2 Å². The van der Waals surface area contributed by atoms with E-state index in [0.717, 1.165) is 12.1 Å². The molecule has 0 aromatic heterocycles. The SMILES string of the molecule is O=CCC#Cc1cc(C=O)cc(OC(F)(F)F)c1. The Labute approximate surface area is 101 Å². The molecule has 0 radical (unpaired) electrons. The molecular formula is C12H7F3O3. The summed E-state index contributed by atoms with van der Waals surface area (Å²) < 4.78 is 39.8. The molecule has 1 aromatic carbocycles. The van der Waals surface area contributed by atoms with Gasteiger partial charge in [0.15, 0.2) is 0 Å². The molecule has 6 heteroatoms. The van der Waals surface area contributed by atoms with E-state index < -0.39 is 12.1 Å². The molecule has 3 nitrogen and oxygen atoms in total. The molecule has 0 amide bonds. The van der Waals surface area contributed by atoms with Crippen LogP contribution < -0.4 is 4.74 Å². The Hall–Kier alpha value is -2.29. The molecule has 1 aromatic rings.